The Kier molecular flexibility index (Phi) is 9.01. The van der Waals surface area contributed by atoms with Gasteiger partial charge < -0.3 is 15.0 Å². The third-order valence-electron chi connectivity index (χ3n) is 4.70. The molecule has 0 atom stereocenters. The molecule has 2 aromatic rings. The van der Waals surface area contributed by atoms with Crippen LogP contribution in [0.4, 0.5) is 0 Å². The SMILES string of the molecule is O=C([O-])CCC1(CCC(=O)O)c2ccccc2-c2ccccc21.O=S(=O)(O)O.[Na+]. The van der Waals surface area contributed by atoms with Crippen LogP contribution in [0, 0.1) is 0 Å². The van der Waals surface area contributed by atoms with Crippen LogP contribution in [0.5, 0.6) is 0 Å². The molecule has 0 bridgehead atoms. The molecule has 0 aliphatic heterocycles. The second-order valence-electron chi connectivity index (χ2n) is 6.39. The maximum atomic E-state index is 11.1. The number of benzene rings is 2. The van der Waals surface area contributed by atoms with Gasteiger partial charge in [-0.05, 0) is 41.5 Å². The van der Waals surface area contributed by atoms with Crippen molar-refractivity contribution in [3.63, 3.8) is 0 Å². The summed E-state index contributed by atoms with van der Waals surface area (Å²) in [6.45, 7) is 0. The van der Waals surface area contributed by atoms with Gasteiger partial charge >= 0.3 is 45.9 Å². The summed E-state index contributed by atoms with van der Waals surface area (Å²) in [7, 11) is -4.67. The summed E-state index contributed by atoms with van der Waals surface area (Å²) in [5.74, 6) is -1.98. The molecule has 3 rings (SSSR count). The van der Waals surface area contributed by atoms with Gasteiger partial charge in [0.1, 0.15) is 0 Å². The third kappa shape index (κ3) is 6.63. The van der Waals surface area contributed by atoms with Gasteiger partial charge in [-0.3, -0.25) is 13.9 Å². The van der Waals surface area contributed by atoms with Crippen LogP contribution in [0.25, 0.3) is 11.1 Å². The summed E-state index contributed by atoms with van der Waals surface area (Å²) >= 11 is 0. The number of rotatable bonds is 6. The van der Waals surface area contributed by atoms with Crippen molar-refractivity contribution in [2.24, 2.45) is 0 Å². The van der Waals surface area contributed by atoms with E-state index < -0.39 is 27.8 Å². The molecule has 1 aliphatic carbocycles. The van der Waals surface area contributed by atoms with Crippen LogP contribution in [0.3, 0.4) is 0 Å². The Hall–Kier alpha value is -1.75. The van der Waals surface area contributed by atoms with E-state index in [2.05, 4.69) is 0 Å². The molecule has 8 nitrogen and oxygen atoms in total. The van der Waals surface area contributed by atoms with Crippen LogP contribution in [-0.4, -0.2) is 34.6 Å². The summed E-state index contributed by atoms with van der Waals surface area (Å²) in [6.07, 6.45) is 0.623. The molecule has 3 N–H and O–H groups in total. The predicted octanol–water partition coefficient (Wildman–Crippen LogP) is -1.30. The number of fused-ring (bicyclic) bond motifs is 3. The van der Waals surface area contributed by atoms with E-state index in [4.69, 9.17) is 22.6 Å². The van der Waals surface area contributed by atoms with Crippen LogP contribution in [0.15, 0.2) is 48.5 Å². The van der Waals surface area contributed by atoms with E-state index in [1.807, 2.05) is 48.5 Å². The molecular formula is C19H19NaO8S. The Morgan fingerprint density at radius 3 is 1.62 bits per heavy atom. The molecule has 0 heterocycles. The van der Waals surface area contributed by atoms with Gasteiger partial charge in [0.15, 0.2) is 0 Å². The first-order chi connectivity index (χ1) is 13.0. The molecule has 0 radical (unpaired) electrons. The van der Waals surface area contributed by atoms with Crippen molar-refractivity contribution >= 4 is 22.3 Å². The topological polar surface area (TPSA) is 152 Å². The van der Waals surface area contributed by atoms with Gasteiger partial charge in [-0.25, -0.2) is 0 Å². The molecule has 2 aromatic carbocycles. The molecule has 0 saturated carbocycles. The van der Waals surface area contributed by atoms with Crippen molar-refractivity contribution in [3.05, 3.63) is 59.7 Å². The van der Waals surface area contributed by atoms with E-state index in [9.17, 15) is 14.7 Å². The van der Waals surface area contributed by atoms with Crippen molar-refractivity contribution in [2.45, 2.75) is 31.1 Å². The maximum Gasteiger partial charge on any atom is 1.00 e. The average molecular weight is 430 g/mol. The number of carbonyl (C=O) groups is 2. The zero-order valence-electron chi connectivity index (χ0n) is 15.7. The largest absolute Gasteiger partial charge is 1.00 e. The number of carboxylic acids is 2. The molecular weight excluding hydrogens is 411 g/mol. The third-order valence-corrected chi connectivity index (χ3v) is 4.70. The van der Waals surface area contributed by atoms with Gasteiger partial charge in [0, 0.05) is 17.8 Å². The number of carbonyl (C=O) groups excluding carboxylic acids is 1. The van der Waals surface area contributed by atoms with Crippen molar-refractivity contribution in [3.8, 4) is 11.1 Å². The molecule has 0 amide bonds. The summed E-state index contributed by atoms with van der Waals surface area (Å²) in [6, 6.07) is 15.7. The van der Waals surface area contributed by atoms with E-state index in [1.165, 1.54) is 0 Å². The van der Waals surface area contributed by atoms with E-state index >= 15 is 0 Å². The second-order valence-corrected chi connectivity index (χ2v) is 7.28. The molecule has 0 aromatic heterocycles. The smallest absolute Gasteiger partial charge is 0.550 e. The fourth-order valence-electron chi connectivity index (χ4n) is 3.72. The van der Waals surface area contributed by atoms with Gasteiger partial charge in [-0.1, -0.05) is 48.5 Å². The number of hydrogen-bond donors (Lipinski definition) is 3. The van der Waals surface area contributed by atoms with Gasteiger partial charge in [0.25, 0.3) is 0 Å². The van der Waals surface area contributed by atoms with Crippen molar-refractivity contribution in [1.82, 2.24) is 0 Å². The molecule has 150 valence electrons. The zero-order valence-corrected chi connectivity index (χ0v) is 18.6. The first-order valence-corrected chi connectivity index (χ1v) is 9.75. The standard InChI is InChI=1S/C19H18O4.Na.H2O4S/c20-17(21)9-11-19(12-10-18(22)23)15-7-3-1-5-13(15)14-6-2-4-8-16(14)19;;1-5(2,3)4/h1-8H,9-12H2,(H,20,21)(H,22,23);;(H2,1,2,3,4)/q;+1;/p-1. The van der Waals surface area contributed by atoms with Gasteiger partial charge in [-0.2, -0.15) is 8.42 Å². The molecule has 1 aliphatic rings. The monoisotopic (exact) mass is 430 g/mol. The predicted molar refractivity (Wildman–Crippen MR) is 97.9 cm³/mol. The molecule has 0 unspecified atom stereocenters. The van der Waals surface area contributed by atoms with Crippen LogP contribution < -0.4 is 34.7 Å². The quantitative estimate of drug-likeness (QED) is 0.378. The fraction of sp³-hybridized carbons (Fsp3) is 0.263. The Morgan fingerprint density at radius 2 is 1.24 bits per heavy atom. The van der Waals surface area contributed by atoms with Gasteiger partial charge in [0.05, 0.1) is 0 Å². The zero-order chi connectivity index (χ0) is 20.9. The molecule has 29 heavy (non-hydrogen) atoms. The maximum absolute atomic E-state index is 11.1. The fourth-order valence-corrected chi connectivity index (χ4v) is 3.72. The first kappa shape index (κ1) is 25.3. The summed E-state index contributed by atoms with van der Waals surface area (Å²) in [4.78, 5) is 22.2. The Labute approximate surface area is 190 Å². The minimum Gasteiger partial charge on any atom is -0.550 e. The van der Waals surface area contributed by atoms with Crippen LogP contribution in [-0.2, 0) is 25.4 Å². The van der Waals surface area contributed by atoms with E-state index in [0.717, 1.165) is 22.3 Å². The second kappa shape index (κ2) is 10.3. The molecule has 10 heteroatoms. The Bertz CT molecular complexity index is 914. The van der Waals surface area contributed by atoms with Crippen LogP contribution >= 0.6 is 0 Å². The normalized spacial score (nSPS) is 13.2. The molecule has 0 fully saturated rings. The summed E-state index contributed by atoms with van der Waals surface area (Å²) in [5, 5.41) is 20.2. The number of hydrogen-bond acceptors (Lipinski definition) is 5. The van der Waals surface area contributed by atoms with E-state index in [-0.39, 0.29) is 42.4 Å². The minimum atomic E-state index is -4.67. The van der Waals surface area contributed by atoms with Crippen LogP contribution in [0.1, 0.15) is 36.8 Å². The van der Waals surface area contributed by atoms with Crippen molar-refractivity contribution in [1.29, 1.82) is 0 Å². The van der Waals surface area contributed by atoms with Crippen molar-refractivity contribution in [2.75, 3.05) is 0 Å². The molecule has 0 saturated heterocycles. The van der Waals surface area contributed by atoms with E-state index in [1.54, 1.807) is 0 Å². The summed E-state index contributed by atoms with van der Waals surface area (Å²) in [5.41, 5.74) is 3.58. The van der Waals surface area contributed by atoms with E-state index in [0.29, 0.717) is 12.8 Å². The number of aliphatic carboxylic acids is 2. The first-order valence-electron chi connectivity index (χ1n) is 8.35. The average Bonchev–Trinajstić information content (AvgIpc) is 2.88. The van der Waals surface area contributed by atoms with Crippen molar-refractivity contribution < 1.29 is 66.9 Å². The minimum absolute atomic E-state index is 0. The molecule has 0 spiro atoms. The van der Waals surface area contributed by atoms with Gasteiger partial charge in [0.2, 0.25) is 0 Å². The Morgan fingerprint density at radius 1 is 0.862 bits per heavy atom. The number of carboxylic acid groups (broad SMARTS) is 2. The Balaban J connectivity index is 0.000000628. The van der Waals surface area contributed by atoms with Crippen LogP contribution in [0.2, 0.25) is 0 Å². The summed E-state index contributed by atoms with van der Waals surface area (Å²) < 4.78 is 31.6. The van der Waals surface area contributed by atoms with Gasteiger partial charge in [-0.15, -0.1) is 0 Å².